The monoisotopic (exact) mass is 332 g/mol. The Labute approximate surface area is 139 Å². The minimum Gasteiger partial charge on any atom is -0.357 e. The Morgan fingerprint density at radius 2 is 1.55 bits per heavy atom. The van der Waals surface area contributed by atoms with Gasteiger partial charge in [-0.25, -0.2) is 0 Å². The molecular weight excluding hydrogens is 316 g/mol. The van der Waals surface area contributed by atoms with E-state index in [1.807, 2.05) is 60.7 Å². The molecule has 0 bridgehead atoms. The smallest absolute Gasteiger partial charge is 0.198 e. The van der Waals surface area contributed by atoms with Crippen molar-refractivity contribution in [2.24, 2.45) is 0 Å². The summed E-state index contributed by atoms with van der Waals surface area (Å²) in [7, 11) is 0. The average Bonchev–Trinajstić information content (AvgIpc) is 2.70. The summed E-state index contributed by atoms with van der Waals surface area (Å²) >= 11 is 8.19. The van der Waals surface area contributed by atoms with Crippen molar-refractivity contribution in [1.82, 2.24) is 0 Å². The predicted octanol–water partition coefficient (Wildman–Crippen LogP) is 4.83. The van der Waals surface area contributed by atoms with Gasteiger partial charge in [0.1, 0.15) is 11.7 Å². The first-order valence-corrected chi connectivity index (χ1v) is 8.33. The summed E-state index contributed by atoms with van der Waals surface area (Å²) in [6, 6.07) is 19.4. The van der Waals surface area contributed by atoms with Crippen molar-refractivity contribution in [3.63, 3.8) is 0 Å². The molecule has 1 heterocycles. The first kappa shape index (κ1) is 15.6. The molecule has 0 radical (unpaired) electrons. The highest BCUT2D eigenvalue weighted by atomic mass is 35.5. The Balaban J connectivity index is 2.02. The second-order valence-electron chi connectivity index (χ2n) is 5.81. The zero-order valence-corrected chi connectivity index (χ0v) is 14.0. The quantitative estimate of drug-likeness (QED) is 0.753. The fourth-order valence-electron chi connectivity index (χ4n) is 2.62. The largest absolute Gasteiger partial charge is 0.357 e. The normalized spacial score (nSPS) is 27.0. The molecule has 1 fully saturated rings. The number of benzene rings is 2. The molecule has 4 heteroatoms. The van der Waals surface area contributed by atoms with E-state index in [1.165, 1.54) is 11.8 Å². The molecule has 2 aromatic rings. The van der Waals surface area contributed by atoms with Crippen molar-refractivity contribution >= 4 is 29.1 Å². The SMILES string of the molecule is CC1(C)O[C@@H](c2ccccc2)[C@@](Cl)(Sc2ccccc2)C1=O. The van der Waals surface area contributed by atoms with Crippen LogP contribution in [0.3, 0.4) is 0 Å². The van der Waals surface area contributed by atoms with Crippen molar-refractivity contribution in [3.05, 3.63) is 66.2 Å². The predicted molar refractivity (Wildman–Crippen MR) is 90.2 cm³/mol. The number of halogens is 1. The number of thioether (sulfide) groups is 1. The summed E-state index contributed by atoms with van der Waals surface area (Å²) in [5, 5.41) is 0. The molecule has 2 nitrogen and oxygen atoms in total. The van der Waals surface area contributed by atoms with Crippen LogP contribution in [0.1, 0.15) is 25.5 Å². The summed E-state index contributed by atoms with van der Waals surface area (Å²) in [6.45, 7) is 3.56. The Hall–Kier alpha value is -1.29. The van der Waals surface area contributed by atoms with Gasteiger partial charge >= 0.3 is 0 Å². The number of hydrogen-bond donors (Lipinski definition) is 0. The fourth-order valence-corrected chi connectivity index (χ4v) is 4.55. The second-order valence-corrected chi connectivity index (χ2v) is 7.95. The highest BCUT2D eigenvalue weighted by Gasteiger charge is 2.60. The third-order valence-electron chi connectivity index (χ3n) is 3.72. The molecule has 3 rings (SSSR count). The van der Waals surface area contributed by atoms with Crippen molar-refractivity contribution in [2.75, 3.05) is 0 Å². The lowest BCUT2D eigenvalue weighted by Crippen LogP contribution is -2.36. The minimum atomic E-state index is -1.16. The average molecular weight is 333 g/mol. The number of carbonyl (C=O) groups excluding carboxylic acids is 1. The molecular formula is C18H17ClO2S. The van der Waals surface area contributed by atoms with Crippen LogP contribution in [0, 0.1) is 0 Å². The molecule has 0 aromatic heterocycles. The molecule has 0 N–H and O–H groups in total. The summed E-state index contributed by atoms with van der Waals surface area (Å²) in [6.07, 6.45) is -0.483. The number of carbonyl (C=O) groups is 1. The summed E-state index contributed by atoms with van der Waals surface area (Å²) in [5.41, 5.74) is 0.0178. The Bertz CT molecular complexity index is 672. The highest BCUT2D eigenvalue weighted by molar-refractivity contribution is 8.02. The van der Waals surface area contributed by atoms with Crippen LogP contribution < -0.4 is 0 Å². The first-order chi connectivity index (χ1) is 10.4. The standard InChI is InChI=1S/C18H17ClO2S/c1-17(2)16(20)18(19,22-14-11-7-4-8-12-14)15(21-17)13-9-5-3-6-10-13/h3-12,15H,1-2H3/t15-,18+/m0/s1. The van der Waals surface area contributed by atoms with Gasteiger partial charge in [0.15, 0.2) is 9.99 Å². The molecule has 0 unspecified atom stereocenters. The molecule has 2 atom stereocenters. The van der Waals surface area contributed by atoms with E-state index in [0.29, 0.717) is 0 Å². The third kappa shape index (κ3) is 2.69. The van der Waals surface area contributed by atoms with Crippen LogP contribution >= 0.6 is 23.4 Å². The zero-order valence-electron chi connectivity index (χ0n) is 12.5. The number of rotatable bonds is 3. The molecule has 0 aliphatic carbocycles. The lowest BCUT2D eigenvalue weighted by molar-refractivity contribution is -0.129. The van der Waals surface area contributed by atoms with Crippen molar-refractivity contribution in [2.45, 2.75) is 34.7 Å². The van der Waals surface area contributed by atoms with Crippen molar-refractivity contribution in [3.8, 4) is 0 Å². The Kier molecular flexibility index (Phi) is 4.06. The van der Waals surface area contributed by atoms with Gasteiger partial charge in [0, 0.05) is 4.90 Å². The molecule has 0 amide bonds. The number of Topliss-reactive ketones (excluding diaryl/α,β-unsaturated/α-hetero) is 1. The lowest BCUT2D eigenvalue weighted by atomic mass is 10.00. The van der Waals surface area contributed by atoms with Crippen LogP contribution in [0.5, 0.6) is 0 Å². The molecule has 1 aliphatic rings. The Morgan fingerprint density at radius 3 is 2.14 bits per heavy atom. The van der Waals surface area contributed by atoms with E-state index >= 15 is 0 Å². The number of ether oxygens (including phenoxy) is 1. The van der Waals surface area contributed by atoms with Crippen LogP contribution in [0.2, 0.25) is 0 Å². The maximum absolute atomic E-state index is 12.9. The lowest BCUT2D eigenvalue weighted by Gasteiger charge is -2.25. The highest BCUT2D eigenvalue weighted by Crippen LogP contribution is 2.55. The maximum atomic E-state index is 12.9. The number of hydrogen-bond acceptors (Lipinski definition) is 3. The van der Waals surface area contributed by atoms with Gasteiger partial charge in [0.2, 0.25) is 0 Å². The van der Waals surface area contributed by atoms with Crippen LogP contribution in [0.25, 0.3) is 0 Å². The fraction of sp³-hybridized carbons (Fsp3) is 0.278. The van der Waals surface area contributed by atoms with Gasteiger partial charge in [-0.05, 0) is 31.5 Å². The minimum absolute atomic E-state index is 0.0932. The van der Waals surface area contributed by atoms with E-state index in [0.717, 1.165) is 10.5 Å². The van der Waals surface area contributed by atoms with E-state index < -0.39 is 15.9 Å². The van der Waals surface area contributed by atoms with Crippen LogP contribution in [-0.4, -0.2) is 15.6 Å². The van der Waals surface area contributed by atoms with E-state index in [4.69, 9.17) is 16.3 Å². The van der Waals surface area contributed by atoms with Gasteiger partial charge in [-0.15, -0.1) is 0 Å². The van der Waals surface area contributed by atoms with Gasteiger partial charge in [0.05, 0.1) is 0 Å². The molecule has 0 saturated carbocycles. The van der Waals surface area contributed by atoms with Gasteiger partial charge in [0.25, 0.3) is 0 Å². The van der Waals surface area contributed by atoms with Crippen LogP contribution in [-0.2, 0) is 9.53 Å². The van der Waals surface area contributed by atoms with Crippen molar-refractivity contribution < 1.29 is 9.53 Å². The molecule has 1 saturated heterocycles. The second kappa shape index (κ2) is 5.73. The molecule has 2 aromatic carbocycles. The maximum Gasteiger partial charge on any atom is 0.198 e. The summed E-state index contributed by atoms with van der Waals surface area (Å²) in [4.78, 5) is 13.8. The van der Waals surface area contributed by atoms with Gasteiger partial charge in [-0.3, -0.25) is 4.79 Å². The molecule has 114 valence electrons. The van der Waals surface area contributed by atoms with E-state index in [-0.39, 0.29) is 5.78 Å². The Morgan fingerprint density at radius 1 is 1.00 bits per heavy atom. The zero-order chi connectivity index (χ0) is 15.8. The van der Waals surface area contributed by atoms with Crippen LogP contribution in [0.4, 0.5) is 0 Å². The molecule has 22 heavy (non-hydrogen) atoms. The summed E-state index contributed by atoms with van der Waals surface area (Å²) < 4.78 is 4.87. The number of ketones is 1. The molecule has 1 aliphatic heterocycles. The number of alkyl halides is 1. The molecule has 0 spiro atoms. The summed E-state index contributed by atoms with van der Waals surface area (Å²) in [5.74, 6) is -0.0932. The van der Waals surface area contributed by atoms with Crippen molar-refractivity contribution in [1.29, 1.82) is 0 Å². The third-order valence-corrected chi connectivity index (χ3v) is 5.52. The first-order valence-electron chi connectivity index (χ1n) is 7.14. The van der Waals surface area contributed by atoms with Gasteiger partial charge < -0.3 is 4.74 Å². The van der Waals surface area contributed by atoms with Gasteiger partial charge in [-0.1, -0.05) is 71.9 Å². The van der Waals surface area contributed by atoms with Crippen LogP contribution in [0.15, 0.2) is 65.6 Å². The van der Waals surface area contributed by atoms with E-state index in [9.17, 15) is 4.79 Å². The topological polar surface area (TPSA) is 26.3 Å². The van der Waals surface area contributed by atoms with E-state index in [2.05, 4.69) is 0 Å². The van der Waals surface area contributed by atoms with Gasteiger partial charge in [-0.2, -0.15) is 0 Å². The van der Waals surface area contributed by atoms with E-state index in [1.54, 1.807) is 13.8 Å².